The fraction of sp³-hybridized carbons (Fsp3) is 0. The lowest BCUT2D eigenvalue weighted by molar-refractivity contribution is 1.28. The Hall–Kier alpha value is -5.56. The van der Waals surface area contributed by atoms with Crippen LogP contribution < -0.4 is 0 Å². The Morgan fingerprint density at radius 2 is 0.761 bits per heavy atom. The van der Waals surface area contributed by atoms with Crippen LogP contribution in [0.5, 0.6) is 0 Å². The van der Waals surface area contributed by atoms with E-state index >= 15 is 0 Å². The van der Waals surface area contributed by atoms with Crippen LogP contribution in [0, 0.1) is 0 Å². The van der Waals surface area contributed by atoms with Gasteiger partial charge in [-0.3, -0.25) is 0 Å². The molecule has 9 rings (SSSR count). The van der Waals surface area contributed by atoms with E-state index in [0.29, 0.717) is 0 Å². The molecule has 0 unspecified atom stereocenters. The van der Waals surface area contributed by atoms with Crippen LogP contribution in [-0.4, -0.2) is 19.9 Å². The molecule has 0 saturated heterocycles. The standard InChI is InChI=1S/C40H26N4S2/c1-3-9-25(10-4-1)37-27-15-19-31(41-27)39(35-13-7-23-45-35)33-21-17-29(43-33)38(26-11-5-2-6-12-26)30-18-22-34(44-30)40(36-14-8-24-46-36)32-20-16-28(37)42-32/h1-24,41,43H. The number of nitrogens with zero attached hydrogens (tertiary/aromatic N) is 2. The zero-order valence-corrected chi connectivity index (χ0v) is 26.2. The van der Waals surface area contributed by atoms with Gasteiger partial charge < -0.3 is 9.97 Å². The van der Waals surface area contributed by atoms with Crippen LogP contribution in [-0.2, 0) is 0 Å². The van der Waals surface area contributed by atoms with Crippen LogP contribution in [0.15, 0.2) is 120 Å². The van der Waals surface area contributed by atoms with Crippen molar-refractivity contribution in [1.82, 2.24) is 19.9 Å². The average Bonchev–Trinajstić information content (AvgIpc) is 3.93. The summed E-state index contributed by atoms with van der Waals surface area (Å²) in [6, 6.07) is 38.3. The van der Waals surface area contributed by atoms with Crippen molar-refractivity contribution in [2.45, 2.75) is 0 Å². The van der Waals surface area contributed by atoms with Crippen LogP contribution >= 0.6 is 22.7 Å². The maximum absolute atomic E-state index is 5.31. The lowest BCUT2D eigenvalue weighted by Gasteiger charge is -2.05. The van der Waals surface area contributed by atoms with Crippen LogP contribution in [0.3, 0.4) is 0 Å². The van der Waals surface area contributed by atoms with E-state index in [9.17, 15) is 0 Å². The number of aromatic nitrogens is 4. The summed E-state index contributed by atoms with van der Waals surface area (Å²) in [6.07, 6.45) is 8.53. The smallest absolute Gasteiger partial charge is 0.0746 e. The minimum absolute atomic E-state index is 0.906. The van der Waals surface area contributed by atoms with E-state index in [4.69, 9.17) is 9.97 Å². The van der Waals surface area contributed by atoms with Crippen LogP contribution in [0.25, 0.3) is 89.5 Å². The molecule has 7 heterocycles. The SMILES string of the molecule is C1=Cc2nc1c(-c1cccs1)c1nc(c(-c3ccccc3)c3ccc([nH]3)c(-c3cccs3)c3ccc([nH]3)c2-c2ccccc2)C=C1. The Kier molecular flexibility index (Phi) is 6.47. The van der Waals surface area contributed by atoms with Crippen molar-refractivity contribution in [3.05, 3.63) is 143 Å². The zero-order chi connectivity index (χ0) is 30.5. The van der Waals surface area contributed by atoms with Crippen molar-refractivity contribution < 1.29 is 0 Å². The Morgan fingerprint density at radius 3 is 1.17 bits per heavy atom. The second-order valence-corrected chi connectivity index (χ2v) is 13.1. The molecule has 0 aliphatic carbocycles. The van der Waals surface area contributed by atoms with Crippen molar-refractivity contribution in [3.63, 3.8) is 0 Å². The minimum atomic E-state index is 0.906. The largest absolute Gasteiger partial charge is 0.354 e. The molecule has 4 nitrogen and oxygen atoms in total. The Balaban J connectivity index is 1.49. The molecule has 0 amide bonds. The lowest BCUT2D eigenvalue weighted by Crippen LogP contribution is -1.89. The number of fused-ring (bicyclic) bond motifs is 8. The van der Waals surface area contributed by atoms with Gasteiger partial charge >= 0.3 is 0 Å². The molecule has 0 fully saturated rings. The molecule has 2 N–H and O–H groups in total. The van der Waals surface area contributed by atoms with Gasteiger partial charge in [0.1, 0.15) is 0 Å². The number of rotatable bonds is 4. The maximum atomic E-state index is 5.31. The molecule has 0 spiro atoms. The highest BCUT2D eigenvalue weighted by atomic mass is 32.1. The molecule has 218 valence electrons. The van der Waals surface area contributed by atoms with Crippen LogP contribution in [0.2, 0.25) is 0 Å². The van der Waals surface area contributed by atoms with E-state index in [1.165, 1.54) is 4.88 Å². The highest BCUT2D eigenvalue weighted by molar-refractivity contribution is 7.14. The Labute approximate surface area is 273 Å². The third kappa shape index (κ3) is 4.58. The van der Waals surface area contributed by atoms with E-state index in [0.717, 1.165) is 83.1 Å². The first-order chi connectivity index (χ1) is 22.8. The fourth-order valence-electron chi connectivity index (χ4n) is 6.38. The van der Waals surface area contributed by atoms with E-state index in [-0.39, 0.29) is 0 Å². The monoisotopic (exact) mass is 626 g/mol. The normalized spacial score (nSPS) is 12.2. The molecule has 0 saturated carbocycles. The lowest BCUT2D eigenvalue weighted by atomic mass is 10.0. The zero-order valence-electron chi connectivity index (χ0n) is 24.6. The highest BCUT2D eigenvalue weighted by Crippen LogP contribution is 2.39. The summed E-state index contributed by atoms with van der Waals surface area (Å²) in [4.78, 5) is 20.6. The summed E-state index contributed by atoms with van der Waals surface area (Å²) >= 11 is 3.44. The Bertz CT molecular complexity index is 2310. The van der Waals surface area contributed by atoms with Crippen molar-refractivity contribution >= 4 is 69.0 Å². The van der Waals surface area contributed by atoms with Gasteiger partial charge in [0.2, 0.25) is 0 Å². The quantitative estimate of drug-likeness (QED) is 0.204. The number of nitrogens with one attached hydrogen (secondary N) is 2. The molecular weight excluding hydrogens is 601 g/mol. The van der Waals surface area contributed by atoms with Crippen molar-refractivity contribution in [1.29, 1.82) is 0 Å². The van der Waals surface area contributed by atoms with E-state index < -0.39 is 0 Å². The number of hydrogen-bond donors (Lipinski definition) is 2. The van der Waals surface area contributed by atoms with Crippen molar-refractivity contribution in [3.8, 4) is 43.1 Å². The van der Waals surface area contributed by atoms with Crippen molar-refractivity contribution in [2.75, 3.05) is 0 Å². The molecule has 0 atom stereocenters. The third-order valence-electron chi connectivity index (χ3n) is 8.41. The van der Waals surface area contributed by atoms with Crippen LogP contribution in [0.4, 0.5) is 0 Å². The van der Waals surface area contributed by atoms with E-state index in [1.807, 2.05) is 0 Å². The number of hydrogen-bond acceptors (Lipinski definition) is 4. The first-order valence-corrected chi connectivity index (χ1v) is 16.9. The van der Waals surface area contributed by atoms with Gasteiger partial charge in [0.15, 0.2) is 0 Å². The molecule has 2 aliphatic heterocycles. The predicted molar refractivity (Wildman–Crippen MR) is 196 cm³/mol. The summed E-state index contributed by atoms with van der Waals surface area (Å²) in [5, 5.41) is 4.24. The van der Waals surface area contributed by atoms with E-state index in [2.05, 4.69) is 154 Å². The summed E-state index contributed by atoms with van der Waals surface area (Å²) in [5.41, 5.74) is 14.2. The Morgan fingerprint density at radius 1 is 0.370 bits per heavy atom. The van der Waals surface area contributed by atoms with Gasteiger partial charge in [-0.15, -0.1) is 22.7 Å². The van der Waals surface area contributed by atoms with Gasteiger partial charge in [0, 0.05) is 54.1 Å². The maximum Gasteiger partial charge on any atom is 0.0746 e. The average molecular weight is 627 g/mol. The topological polar surface area (TPSA) is 57.4 Å². The predicted octanol–water partition coefficient (Wildman–Crippen LogP) is 11.4. The fourth-order valence-corrected chi connectivity index (χ4v) is 7.97. The van der Waals surface area contributed by atoms with Crippen LogP contribution in [0.1, 0.15) is 22.8 Å². The molecular formula is C40H26N4S2. The van der Waals surface area contributed by atoms with E-state index in [1.54, 1.807) is 22.7 Å². The number of benzene rings is 2. The summed E-state index contributed by atoms with van der Waals surface area (Å²) in [6.45, 7) is 0. The summed E-state index contributed by atoms with van der Waals surface area (Å²) in [5.74, 6) is 0. The molecule has 46 heavy (non-hydrogen) atoms. The molecule has 2 aliphatic rings. The molecule has 8 bridgehead atoms. The molecule has 7 aromatic rings. The number of aromatic amines is 2. The molecule has 0 radical (unpaired) electrons. The second-order valence-electron chi connectivity index (χ2n) is 11.2. The first kappa shape index (κ1) is 26.8. The summed E-state index contributed by atoms with van der Waals surface area (Å²) < 4.78 is 0. The second kappa shape index (κ2) is 11.1. The first-order valence-electron chi connectivity index (χ1n) is 15.1. The molecule has 6 heteroatoms. The molecule has 2 aromatic carbocycles. The third-order valence-corrected chi connectivity index (χ3v) is 10.2. The highest BCUT2D eigenvalue weighted by Gasteiger charge is 2.19. The number of H-pyrrole nitrogens is 2. The van der Waals surface area contributed by atoms with Gasteiger partial charge in [0.25, 0.3) is 0 Å². The minimum Gasteiger partial charge on any atom is -0.354 e. The summed E-state index contributed by atoms with van der Waals surface area (Å²) in [7, 11) is 0. The van der Waals surface area contributed by atoms with Gasteiger partial charge in [-0.2, -0.15) is 0 Å². The van der Waals surface area contributed by atoms with Gasteiger partial charge in [-0.25, -0.2) is 9.97 Å². The van der Waals surface area contributed by atoms with Gasteiger partial charge in [-0.1, -0.05) is 72.8 Å². The van der Waals surface area contributed by atoms with Crippen molar-refractivity contribution in [2.24, 2.45) is 0 Å². The van der Waals surface area contributed by atoms with Gasteiger partial charge in [0.05, 0.1) is 22.8 Å². The van der Waals surface area contributed by atoms with Gasteiger partial charge in [-0.05, 0) is 82.6 Å². The number of thiophene rings is 2. The molecule has 5 aromatic heterocycles.